The topological polar surface area (TPSA) is 61.2 Å². The highest BCUT2D eigenvalue weighted by atomic mass is 35.5. The average Bonchev–Trinajstić information content (AvgIpc) is 3.14. The van der Waals surface area contributed by atoms with E-state index in [4.69, 9.17) is 16.9 Å². The van der Waals surface area contributed by atoms with Gasteiger partial charge in [-0.3, -0.25) is 0 Å². The van der Waals surface area contributed by atoms with Crippen molar-refractivity contribution in [1.82, 2.24) is 4.31 Å². The van der Waals surface area contributed by atoms with Crippen molar-refractivity contribution in [2.45, 2.75) is 30.7 Å². The van der Waals surface area contributed by atoms with Gasteiger partial charge in [-0.1, -0.05) is 18.5 Å². The Bertz CT molecular complexity index is 603. The molecule has 1 aliphatic carbocycles. The summed E-state index contributed by atoms with van der Waals surface area (Å²) in [7, 11) is -3.60. The maximum Gasteiger partial charge on any atom is 0.244 e. The predicted octanol–water partition coefficient (Wildman–Crippen LogP) is 2.38. The van der Waals surface area contributed by atoms with Crippen molar-refractivity contribution in [3.63, 3.8) is 0 Å². The lowest BCUT2D eigenvalue weighted by molar-refractivity contribution is 0.421. The predicted molar refractivity (Wildman–Crippen MR) is 68.8 cm³/mol. The first-order valence-corrected chi connectivity index (χ1v) is 7.54. The van der Waals surface area contributed by atoms with Gasteiger partial charge in [0, 0.05) is 12.6 Å². The molecule has 1 saturated carbocycles. The third-order valence-corrected chi connectivity index (χ3v) is 5.42. The van der Waals surface area contributed by atoms with Gasteiger partial charge in [-0.25, -0.2) is 8.42 Å². The summed E-state index contributed by atoms with van der Waals surface area (Å²) in [6.45, 7) is 2.22. The van der Waals surface area contributed by atoms with Crippen LogP contribution in [0.4, 0.5) is 0 Å². The molecule has 6 heteroatoms. The van der Waals surface area contributed by atoms with Gasteiger partial charge in [0.15, 0.2) is 0 Å². The van der Waals surface area contributed by atoms with Gasteiger partial charge in [0.1, 0.15) is 4.90 Å². The summed E-state index contributed by atoms with van der Waals surface area (Å²) in [6, 6.07) is 6.31. The lowest BCUT2D eigenvalue weighted by Crippen LogP contribution is -2.33. The molecule has 4 nitrogen and oxygen atoms in total. The molecule has 0 aliphatic heterocycles. The second-order valence-corrected chi connectivity index (χ2v) is 6.46. The van der Waals surface area contributed by atoms with Crippen molar-refractivity contribution in [1.29, 1.82) is 5.26 Å². The molecule has 18 heavy (non-hydrogen) atoms. The van der Waals surface area contributed by atoms with Crippen LogP contribution in [0, 0.1) is 11.3 Å². The minimum atomic E-state index is -3.60. The summed E-state index contributed by atoms with van der Waals surface area (Å²) < 4.78 is 26.4. The Labute approximate surface area is 112 Å². The first-order chi connectivity index (χ1) is 8.50. The molecular weight excluding hydrogens is 272 g/mol. The lowest BCUT2D eigenvalue weighted by Gasteiger charge is -2.20. The van der Waals surface area contributed by atoms with Gasteiger partial charge in [-0.2, -0.15) is 9.57 Å². The molecule has 1 fully saturated rings. The highest BCUT2D eigenvalue weighted by molar-refractivity contribution is 7.89. The van der Waals surface area contributed by atoms with Gasteiger partial charge in [-0.15, -0.1) is 0 Å². The molecule has 96 valence electrons. The first kappa shape index (κ1) is 13.3. The Morgan fingerprint density at radius 2 is 2.17 bits per heavy atom. The monoisotopic (exact) mass is 284 g/mol. The van der Waals surface area contributed by atoms with Crippen LogP contribution in [0.15, 0.2) is 23.1 Å². The summed E-state index contributed by atoms with van der Waals surface area (Å²) >= 11 is 5.95. The molecule has 0 heterocycles. The van der Waals surface area contributed by atoms with E-state index >= 15 is 0 Å². The molecule has 0 aromatic heterocycles. The molecule has 0 unspecified atom stereocenters. The molecule has 1 aromatic rings. The van der Waals surface area contributed by atoms with Gasteiger partial charge in [-0.05, 0) is 31.0 Å². The van der Waals surface area contributed by atoms with Gasteiger partial charge in [0.05, 0.1) is 16.7 Å². The quantitative estimate of drug-likeness (QED) is 0.853. The first-order valence-electron chi connectivity index (χ1n) is 5.72. The van der Waals surface area contributed by atoms with Crippen molar-refractivity contribution >= 4 is 21.6 Å². The highest BCUT2D eigenvalue weighted by Gasteiger charge is 2.37. The van der Waals surface area contributed by atoms with Crippen LogP contribution in [0.2, 0.25) is 5.02 Å². The number of sulfonamides is 1. The van der Waals surface area contributed by atoms with E-state index in [-0.39, 0.29) is 16.0 Å². The minimum absolute atomic E-state index is 0.0250. The largest absolute Gasteiger partial charge is 0.244 e. The van der Waals surface area contributed by atoms with Crippen LogP contribution >= 0.6 is 11.6 Å². The van der Waals surface area contributed by atoms with Crippen molar-refractivity contribution in [3.05, 3.63) is 28.8 Å². The van der Waals surface area contributed by atoms with E-state index in [1.807, 2.05) is 6.07 Å². The van der Waals surface area contributed by atoms with Crippen molar-refractivity contribution in [3.8, 4) is 6.07 Å². The fourth-order valence-corrected chi connectivity index (χ4v) is 4.08. The Morgan fingerprint density at radius 3 is 2.67 bits per heavy atom. The van der Waals surface area contributed by atoms with Crippen molar-refractivity contribution in [2.75, 3.05) is 6.54 Å². The van der Waals surface area contributed by atoms with Gasteiger partial charge >= 0.3 is 0 Å². The maximum atomic E-state index is 12.5. The molecule has 0 saturated heterocycles. The Kier molecular flexibility index (Phi) is 3.62. The summed E-state index contributed by atoms with van der Waals surface area (Å²) in [4.78, 5) is 0.0250. The van der Waals surface area contributed by atoms with Crippen molar-refractivity contribution in [2.24, 2.45) is 0 Å². The molecule has 0 amide bonds. The van der Waals surface area contributed by atoms with Crippen LogP contribution < -0.4 is 0 Å². The van der Waals surface area contributed by atoms with Crippen LogP contribution in [0.25, 0.3) is 0 Å². The SMILES string of the molecule is CCN(C1CC1)S(=O)(=O)c1cc(C#N)ccc1Cl. The average molecular weight is 285 g/mol. The fourth-order valence-electron chi connectivity index (χ4n) is 1.88. The molecule has 1 aliphatic rings. The van der Waals surface area contributed by atoms with E-state index in [0.717, 1.165) is 12.8 Å². The second kappa shape index (κ2) is 4.88. The van der Waals surface area contributed by atoms with E-state index in [2.05, 4.69) is 0 Å². The lowest BCUT2D eigenvalue weighted by atomic mass is 10.2. The minimum Gasteiger partial charge on any atom is -0.207 e. The van der Waals surface area contributed by atoms with E-state index in [1.54, 1.807) is 6.92 Å². The molecule has 0 radical (unpaired) electrons. The summed E-state index contributed by atoms with van der Waals surface area (Å²) in [5, 5.41) is 8.99. The van der Waals surface area contributed by atoms with Gasteiger partial charge in [0.2, 0.25) is 10.0 Å². The van der Waals surface area contributed by atoms with Crippen LogP contribution in [-0.2, 0) is 10.0 Å². The standard InChI is InChI=1S/C12H13ClN2O2S/c1-2-15(10-4-5-10)18(16,17)12-7-9(8-14)3-6-11(12)13/h3,6-7,10H,2,4-5H2,1H3. The number of benzene rings is 1. The van der Waals surface area contributed by atoms with E-state index in [0.29, 0.717) is 12.1 Å². The molecule has 2 rings (SSSR count). The van der Waals surface area contributed by atoms with Gasteiger partial charge in [0.25, 0.3) is 0 Å². The van der Waals surface area contributed by atoms with Gasteiger partial charge < -0.3 is 0 Å². The molecule has 0 spiro atoms. The third kappa shape index (κ3) is 2.37. The molecular formula is C12H13ClN2O2S. The number of halogens is 1. The summed E-state index contributed by atoms with van der Waals surface area (Å²) in [5.74, 6) is 0. The zero-order valence-electron chi connectivity index (χ0n) is 9.93. The van der Waals surface area contributed by atoms with Crippen LogP contribution in [0.1, 0.15) is 25.3 Å². The third-order valence-electron chi connectivity index (χ3n) is 2.91. The fraction of sp³-hybridized carbons (Fsp3) is 0.417. The van der Waals surface area contributed by atoms with E-state index in [1.165, 1.54) is 22.5 Å². The normalized spacial score (nSPS) is 15.7. The smallest absolute Gasteiger partial charge is 0.207 e. The van der Waals surface area contributed by atoms with Crippen LogP contribution in [0.3, 0.4) is 0 Å². The Balaban J connectivity index is 2.49. The Morgan fingerprint density at radius 1 is 1.50 bits per heavy atom. The zero-order valence-corrected chi connectivity index (χ0v) is 11.5. The number of rotatable bonds is 4. The van der Waals surface area contributed by atoms with Crippen LogP contribution in [-0.4, -0.2) is 25.3 Å². The molecule has 0 bridgehead atoms. The second-order valence-electron chi connectivity index (χ2n) is 4.20. The number of nitrogens with zero attached hydrogens (tertiary/aromatic N) is 2. The number of hydrogen-bond acceptors (Lipinski definition) is 3. The van der Waals surface area contributed by atoms with E-state index < -0.39 is 10.0 Å². The highest BCUT2D eigenvalue weighted by Crippen LogP contribution is 2.34. The number of nitriles is 1. The maximum absolute atomic E-state index is 12.5. The Hall–Kier alpha value is -1.09. The number of hydrogen-bond donors (Lipinski definition) is 0. The molecule has 0 atom stereocenters. The van der Waals surface area contributed by atoms with Crippen LogP contribution in [0.5, 0.6) is 0 Å². The van der Waals surface area contributed by atoms with E-state index in [9.17, 15) is 8.42 Å². The summed E-state index contributed by atoms with van der Waals surface area (Å²) in [5.41, 5.74) is 0.296. The zero-order chi connectivity index (χ0) is 13.3. The molecule has 0 N–H and O–H groups in total. The summed E-state index contributed by atoms with van der Waals surface area (Å²) in [6.07, 6.45) is 1.78. The molecule has 1 aromatic carbocycles. The van der Waals surface area contributed by atoms with Crippen molar-refractivity contribution < 1.29 is 8.42 Å².